The molecule has 92 valence electrons. The Labute approximate surface area is 95.0 Å². The zero-order valence-electron chi connectivity index (χ0n) is 10.5. The Morgan fingerprint density at radius 3 is 2.33 bits per heavy atom. The summed E-state index contributed by atoms with van der Waals surface area (Å²) in [6, 6.07) is 0. The largest absolute Gasteiger partial charge is 0.394 e. The third-order valence-electron chi connectivity index (χ3n) is 2.93. The fraction of sp³-hybridized carbons (Fsp3) is 1.00. The van der Waals surface area contributed by atoms with E-state index in [1.165, 1.54) is 38.5 Å². The second kappa shape index (κ2) is 12.0. The van der Waals surface area contributed by atoms with E-state index in [4.69, 9.17) is 9.84 Å². The summed E-state index contributed by atoms with van der Waals surface area (Å²) < 4.78 is 5.25. The van der Waals surface area contributed by atoms with Crippen molar-refractivity contribution in [3.05, 3.63) is 0 Å². The maximum atomic E-state index is 8.54. The molecule has 0 bridgehead atoms. The molecule has 0 aliphatic rings. The summed E-state index contributed by atoms with van der Waals surface area (Å²) >= 11 is 0. The first-order valence-electron chi connectivity index (χ1n) is 6.53. The van der Waals surface area contributed by atoms with Gasteiger partial charge in [0.15, 0.2) is 0 Å². The molecule has 2 heteroatoms. The molecular formula is C13H28O2. The number of unbranched alkanes of at least 4 members (excludes halogenated alkanes) is 2. The minimum absolute atomic E-state index is 0.147. The van der Waals surface area contributed by atoms with Gasteiger partial charge in [-0.2, -0.15) is 0 Å². The second-order valence-electron chi connectivity index (χ2n) is 4.25. The summed E-state index contributed by atoms with van der Waals surface area (Å²) in [7, 11) is 0. The molecule has 0 saturated heterocycles. The fourth-order valence-electron chi connectivity index (χ4n) is 1.88. The Bertz CT molecular complexity index is 115. The Morgan fingerprint density at radius 1 is 1.00 bits per heavy atom. The van der Waals surface area contributed by atoms with Crippen molar-refractivity contribution in [2.24, 2.45) is 5.92 Å². The van der Waals surface area contributed by atoms with Gasteiger partial charge >= 0.3 is 0 Å². The van der Waals surface area contributed by atoms with Crippen molar-refractivity contribution in [3.8, 4) is 0 Å². The lowest BCUT2D eigenvalue weighted by Crippen LogP contribution is -2.04. The van der Waals surface area contributed by atoms with Gasteiger partial charge in [0.25, 0.3) is 0 Å². The molecule has 1 N–H and O–H groups in total. The molecule has 15 heavy (non-hydrogen) atoms. The number of rotatable bonds is 11. The second-order valence-corrected chi connectivity index (χ2v) is 4.25. The zero-order chi connectivity index (χ0) is 11.4. The van der Waals surface area contributed by atoms with Crippen LogP contribution in [0, 0.1) is 5.92 Å². The molecule has 0 aromatic heterocycles. The predicted octanol–water partition coefficient (Wildman–Crippen LogP) is 3.38. The van der Waals surface area contributed by atoms with Crippen LogP contribution in [0.2, 0.25) is 0 Å². The van der Waals surface area contributed by atoms with Crippen LogP contribution in [-0.4, -0.2) is 24.9 Å². The summed E-state index contributed by atoms with van der Waals surface area (Å²) in [4.78, 5) is 0. The molecule has 1 unspecified atom stereocenters. The molecule has 0 rings (SSSR count). The van der Waals surface area contributed by atoms with Crippen LogP contribution in [0.1, 0.15) is 58.8 Å². The number of aliphatic hydroxyl groups excluding tert-OH is 1. The number of ether oxygens (including phenoxy) is 1. The van der Waals surface area contributed by atoms with Crippen molar-refractivity contribution in [2.75, 3.05) is 19.8 Å². The summed E-state index contributed by atoms with van der Waals surface area (Å²) in [6.07, 6.45) is 9.17. The van der Waals surface area contributed by atoms with Crippen LogP contribution < -0.4 is 0 Å². The quantitative estimate of drug-likeness (QED) is 0.536. The summed E-state index contributed by atoms with van der Waals surface area (Å²) in [6.45, 7) is 5.99. The Kier molecular flexibility index (Phi) is 11.9. The predicted molar refractivity (Wildman–Crippen MR) is 65.1 cm³/mol. The smallest absolute Gasteiger partial charge is 0.0697 e. The number of hydrogen-bond donors (Lipinski definition) is 1. The van der Waals surface area contributed by atoms with Crippen molar-refractivity contribution < 1.29 is 9.84 Å². The van der Waals surface area contributed by atoms with Gasteiger partial charge in [-0.15, -0.1) is 0 Å². The van der Waals surface area contributed by atoms with Gasteiger partial charge in [-0.1, -0.05) is 46.0 Å². The SMILES string of the molecule is CCCCCC(CC)CCCOCCO. The Hall–Kier alpha value is -0.0800. The minimum Gasteiger partial charge on any atom is -0.394 e. The molecule has 0 saturated carbocycles. The van der Waals surface area contributed by atoms with Gasteiger partial charge in [-0.05, 0) is 18.8 Å². The van der Waals surface area contributed by atoms with Crippen LogP contribution in [0.5, 0.6) is 0 Å². The van der Waals surface area contributed by atoms with Crippen LogP contribution in [0.4, 0.5) is 0 Å². The lowest BCUT2D eigenvalue weighted by Gasteiger charge is -2.14. The van der Waals surface area contributed by atoms with Crippen molar-refractivity contribution in [2.45, 2.75) is 58.8 Å². The summed E-state index contributed by atoms with van der Waals surface area (Å²) in [5.41, 5.74) is 0. The molecular weight excluding hydrogens is 188 g/mol. The highest BCUT2D eigenvalue weighted by Crippen LogP contribution is 2.18. The molecule has 0 heterocycles. The molecule has 0 aromatic rings. The maximum absolute atomic E-state index is 8.54. The normalized spacial score (nSPS) is 13.0. The standard InChI is InChI=1S/C13H28O2/c1-3-5-6-8-13(4-2)9-7-11-15-12-10-14/h13-14H,3-12H2,1-2H3. The molecule has 1 atom stereocenters. The van der Waals surface area contributed by atoms with Crippen molar-refractivity contribution in [1.29, 1.82) is 0 Å². The van der Waals surface area contributed by atoms with E-state index in [2.05, 4.69) is 13.8 Å². The third kappa shape index (κ3) is 10.2. The molecule has 0 radical (unpaired) electrons. The molecule has 2 nitrogen and oxygen atoms in total. The summed E-state index contributed by atoms with van der Waals surface area (Å²) in [5, 5.41) is 8.54. The Balaban J connectivity index is 3.28. The molecule has 0 fully saturated rings. The van der Waals surface area contributed by atoms with Crippen LogP contribution in [-0.2, 0) is 4.74 Å². The van der Waals surface area contributed by atoms with Crippen molar-refractivity contribution in [1.82, 2.24) is 0 Å². The van der Waals surface area contributed by atoms with E-state index in [0.29, 0.717) is 6.61 Å². The highest BCUT2D eigenvalue weighted by molar-refractivity contribution is 4.57. The minimum atomic E-state index is 0.147. The zero-order valence-corrected chi connectivity index (χ0v) is 10.5. The van der Waals surface area contributed by atoms with Crippen LogP contribution in [0.25, 0.3) is 0 Å². The van der Waals surface area contributed by atoms with Gasteiger partial charge in [0.2, 0.25) is 0 Å². The van der Waals surface area contributed by atoms with Gasteiger partial charge < -0.3 is 9.84 Å². The molecule has 0 amide bonds. The molecule has 0 spiro atoms. The molecule has 0 aliphatic heterocycles. The highest BCUT2D eigenvalue weighted by atomic mass is 16.5. The van der Waals surface area contributed by atoms with E-state index in [9.17, 15) is 0 Å². The monoisotopic (exact) mass is 216 g/mol. The van der Waals surface area contributed by atoms with Gasteiger partial charge in [0.05, 0.1) is 13.2 Å². The van der Waals surface area contributed by atoms with Gasteiger partial charge in [0.1, 0.15) is 0 Å². The van der Waals surface area contributed by atoms with E-state index in [0.717, 1.165) is 18.9 Å². The maximum Gasteiger partial charge on any atom is 0.0697 e. The van der Waals surface area contributed by atoms with Gasteiger partial charge in [-0.25, -0.2) is 0 Å². The van der Waals surface area contributed by atoms with Crippen molar-refractivity contribution >= 4 is 0 Å². The average molecular weight is 216 g/mol. The van der Waals surface area contributed by atoms with Crippen molar-refractivity contribution in [3.63, 3.8) is 0 Å². The molecule has 0 aromatic carbocycles. The van der Waals surface area contributed by atoms with Gasteiger partial charge in [0, 0.05) is 6.61 Å². The fourth-order valence-corrected chi connectivity index (χ4v) is 1.88. The lowest BCUT2D eigenvalue weighted by atomic mass is 9.94. The van der Waals surface area contributed by atoms with E-state index >= 15 is 0 Å². The number of hydrogen-bond acceptors (Lipinski definition) is 2. The van der Waals surface area contributed by atoms with E-state index in [1.54, 1.807) is 0 Å². The number of aliphatic hydroxyl groups is 1. The summed E-state index contributed by atoms with van der Waals surface area (Å²) in [5.74, 6) is 0.884. The first-order valence-corrected chi connectivity index (χ1v) is 6.53. The van der Waals surface area contributed by atoms with E-state index < -0.39 is 0 Å². The van der Waals surface area contributed by atoms with E-state index in [1.807, 2.05) is 0 Å². The van der Waals surface area contributed by atoms with Crippen LogP contribution in [0.15, 0.2) is 0 Å². The Morgan fingerprint density at radius 2 is 1.73 bits per heavy atom. The van der Waals surface area contributed by atoms with Crippen LogP contribution in [0.3, 0.4) is 0 Å². The highest BCUT2D eigenvalue weighted by Gasteiger charge is 2.05. The van der Waals surface area contributed by atoms with Crippen LogP contribution >= 0.6 is 0 Å². The topological polar surface area (TPSA) is 29.5 Å². The van der Waals surface area contributed by atoms with Gasteiger partial charge in [-0.3, -0.25) is 0 Å². The lowest BCUT2D eigenvalue weighted by molar-refractivity contribution is 0.0872. The first-order chi connectivity index (χ1) is 7.35. The van der Waals surface area contributed by atoms with E-state index in [-0.39, 0.29) is 6.61 Å². The molecule has 0 aliphatic carbocycles. The average Bonchev–Trinajstić information content (AvgIpc) is 2.26. The first kappa shape index (κ1) is 14.9. The third-order valence-corrected chi connectivity index (χ3v) is 2.93.